The van der Waals surface area contributed by atoms with Crippen LogP contribution in [0.1, 0.15) is 25.0 Å². The van der Waals surface area contributed by atoms with E-state index in [-0.39, 0.29) is 6.61 Å². The van der Waals surface area contributed by atoms with Crippen LogP contribution in [-0.2, 0) is 11.3 Å². The summed E-state index contributed by atoms with van der Waals surface area (Å²) >= 11 is 0. The highest BCUT2D eigenvalue weighted by Gasteiger charge is 2.22. The third-order valence-corrected chi connectivity index (χ3v) is 3.96. The van der Waals surface area contributed by atoms with Crippen molar-refractivity contribution >= 4 is 11.6 Å². The standard InChI is InChI=1S/C14H21N5O2/c1-21-9-12-7-13(19-14(17-12)15-10-16-19)18-5-2-3-11(8-18)4-6-20/h7,10-11,20H,2-6,8-9H2,1H3. The minimum Gasteiger partial charge on any atom is -0.396 e. The second kappa shape index (κ2) is 6.36. The van der Waals surface area contributed by atoms with Gasteiger partial charge >= 0.3 is 0 Å². The van der Waals surface area contributed by atoms with Gasteiger partial charge in [-0.25, -0.2) is 4.98 Å². The van der Waals surface area contributed by atoms with Crippen molar-refractivity contribution in [1.29, 1.82) is 0 Å². The van der Waals surface area contributed by atoms with Crippen LogP contribution in [0.3, 0.4) is 0 Å². The van der Waals surface area contributed by atoms with Crippen LogP contribution < -0.4 is 4.90 Å². The Balaban J connectivity index is 1.92. The quantitative estimate of drug-likeness (QED) is 0.881. The van der Waals surface area contributed by atoms with Gasteiger partial charge in [-0.3, -0.25) is 0 Å². The smallest absolute Gasteiger partial charge is 0.254 e. The Hall–Kier alpha value is -1.73. The lowest BCUT2D eigenvalue weighted by molar-refractivity contribution is 0.181. The molecule has 1 saturated heterocycles. The van der Waals surface area contributed by atoms with E-state index in [4.69, 9.17) is 9.84 Å². The van der Waals surface area contributed by atoms with E-state index in [9.17, 15) is 0 Å². The maximum atomic E-state index is 9.16. The molecule has 2 aromatic rings. The molecule has 3 heterocycles. The van der Waals surface area contributed by atoms with Crippen molar-refractivity contribution in [3.05, 3.63) is 18.1 Å². The van der Waals surface area contributed by atoms with E-state index >= 15 is 0 Å². The van der Waals surface area contributed by atoms with Crippen LogP contribution in [0.25, 0.3) is 5.78 Å². The van der Waals surface area contributed by atoms with Gasteiger partial charge in [0.05, 0.1) is 12.3 Å². The number of fused-ring (bicyclic) bond motifs is 1. The number of hydrogen-bond acceptors (Lipinski definition) is 6. The fraction of sp³-hybridized carbons (Fsp3) is 0.643. The second-order valence-electron chi connectivity index (χ2n) is 5.48. The molecule has 1 atom stereocenters. The summed E-state index contributed by atoms with van der Waals surface area (Å²) < 4.78 is 6.96. The predicted molar refractivity (Wildman–Crippen MR) is 78.1 cm³/mol. The highest BCUT2D eigenvalue weighted by molar-refractivity contribution is 5.47. The van der Waals surface area contributed by atoms with Crippen molar-refractivity contribution in [2.24, 2.45) is 5.92 Å². The van der Waals surface area contributed by atoms with Gasteiger partial charge in [-0.05, 0) is 25.2 Å². The highest BCUT2D eigenvalue weighted by atomic mass is 16.5. The van der Waals surface area contributed by atoms with Gasteiger partial charge in [0, 0.05) is 32.9 Å². The lowest BCUT2D eigenvalue weighted by atomic mass is 9.95. The number of anilines is 1. The Labute approximate surface area is 123 Å². The van der Waals surface area contributed by atoms with Crippen LogP contribution in [0.2, 0.25) is 0 Å². The maximum absolute atomic E-state index is 9.16. The van der Waals surface area contributed by atoms with Gasteiger partial charge in [0.15, 0.2) is 0 Å². The van der Waals surface area contributed by atoms with Crippen molar-refractivity contribution in [3.63, 3.8) is 0 Å². The van der Waals surface area contributed by atoms with Crippen LogP contribution in [0, 0.1) is 5.92 Å². The molecule has 1 unspecified atom stereocenters. The van der Waals surface area contributed by atoms with E-state index in [1.807, 2.05) is 6.07 Å². The first-order valence-corrected chi connectivity index (χ1v) is 7.36. The molecular formula is C14H21N5O2. The van der Waals surface area contributed by atoms with E-state index in [1.54, 1.807) is 11.6 Å². The summed E-state index contributed by atoms with van der Waals surface area (Å²) in [6, 6.07) is 2.02. The molecule has 1 aliphatic rings. The molecule has 0 aromatic carbocycles. The van der Waals surface area contributed by atoms with Crippen LogP contribution in [0.4, 0.5) is 5.82 Å². The summed E-state index contributed by atoms with van der Waals surface area (Å²) in [5, 5.41) is 13.4. The summed E-state index contributed by atoms with van der Waals surface area (Å²) in [6.07, 6.45) is 4.68. The molecule has 21 heavy (non-hydrogen) atoms. The van der Waals surface area contributed by atoms with Gasteiger partial charge in [0.1, 0.15) is 12.1 Å². The zero-order chi connectivity index (χ0) is 14.7. The van der Waals surface area contributed by atoms with E-state index in [2.05, 4.69) is 20.0 Å². The molecule has 1 fully saturated rings. The highest BCUT2D eigenvalue weighted by Crippen LogP contribution is 2.25. The summed E-state index contributed by atoms with van der Waals surface area (Å²) in [6.45, 7) is 2.64. The molecule has 114 valence electrons. The minimum absolute atomic E-state index is 0.252. The average Bonchev–Trinajstić information content (AvgIpc) is 2.96. The molecule has 0 spiro atoms. The minimum atomic E-state index is 0.252. The van der Waals surface area contributed by atoms with Crippen molar-refractivity contribution in [2.45, 2.75) is 25.9 Å². The fourth-order valence-corrected chi connectivity index (χ4v) is 2.98. The molecule has 1 aliphatic heterocycles. The number of hydrogen-bond donors (Lipinski definition) is 1. The number of ether oxygens (including phenoxy) is 1. The van der Waals surface area contributed by atoms with Crippen molar-refractivity contribution < 1.29 is 9.84 Å². The third-order valence-electron chi connectivity index (χ3n) is 3.96. The molecule has 1 N–H and O–H groups in total. The Morgan fingerprint density at radius 3 is 3.19 bits per heavy atom. The largest absolute Gasteiger partial charge is 0.396 e. The molecule has 7 heteroatoms. The van der Waals surface area contributed by atoms with E-state index in [0.29, 0.717) is 18.3 Å². The predicted octanol–water partition coefficient (Wildman–Crippen LogP) is 0.869. The van der Waals surface area contributed by atoms with Crippen LogP contribution in [0.5, 0.6) is 0 Å². The topological polar surface area (TPSA) is 75.8 Å². The molecule has 7 nitrogen and oxygen atoms in total. The summed E-state index contributed by atoms with van der Waals surface area (Å²) in [7, 11) is 1.66. The van der Waals surface area contributed by atoms with Crippen LogP contribution >= 0.6 is 0 Å². The Morgan fingerprint density at radius 1 is 1.48 bits per heavy atom. The van der Waals surface area contributed by atoms with Gasteiger partial charge in [-0.2, -0.15) is 14.6 Å². The van der Waals surface area contributed by atoms with Crippen molar-refractivity contribution in [3.8, 4) is 0 Å². The second-order valence-corrected chi connectivity index (χ2v) is 5.48. The number of rotatable bonds is 5. The van der Waals surface area contributed by atoms with Gasteiger partial charge in [-0.15, -0.1) is 0 Å². The zero-order valence-electron chi connectivity index (χ0n) is 12.3. The molecule has 0 bridgehead atoms. The average molecular weight is 291 g/mol. The van der Waals surface area contributed by atoms with E-state index < -0.39 is 0 Å². The van der Waals surface area contributed by atoms with Crippen LogP contribution in [-0.4, -0.2) is 51.5 Å². The lowest BCUT2D eigenvalue weighted by Gasteiger charge is -2.34. The molecule has 0 radical (unpaired) electrons. The molecule has 0 aliphatic carbocycles. The first-order valence-electron chi connectivity index (χ1n) is 7.36. The van der Waals surface area contributed by atoms with Gasteiger partial charge in [0.25, 0.3) is 5.78 Å². The number of aliphatic hydroxyl groups is 1. The third kappa shape index (κ3) is 2.98. The summed E-state index contributed by atoms with van der Waals surface area (Å²) in [5.41, 5.74) is 0.859. The number of nitrogens with zero attached hydrogens (tertiary/aromatic N) is 5. The van der Waals surface area contributed by atoms with Crippen LogP contribution in [0.15, 0.2) is 12.4 Å². The van der Waals surface area contributed by atoms with E-state index in [1.165, 1.54) is 12.7 Å². The number of methoxy groups -OCH3 is 1. The Kier molecular flexibility index (Phi) is 4.31. The van der Waals surface area contributed by atoms with Gasteiger partial charge < -0.3 is 14.7 Å². The van der Waals surface area contributed by atoms with Gasteiger partial charge in [0.2, 0.25) is 0 Å². The fourth-order valence-electron chi connectivity index (χ4n) is 2.98. The molecular weight excluding hydrogens is 270 g/mol. The lowest BCUT2D eigenvalue weighted by Crippen LogP contribution is -2.37. The Bertz CT molecular complexity index is 598. The summed E-state index contributed by atoms with van der Waals surface area (Å²) in [5.74, 6) is 2.14. The monoisotopic (exact) mass is 291 g/mol. The SMILES string of the molecule is COCc1cc(N2CCCC(CCO)C2)n2ncnc2n1. The first-order chi connectivity index (χ1) is 10.3. The number of aliphatic hydroxyl groups excluding tert-OH is 1. The maximum Gasteiger partial charge on any atom is 0.254 e. The Morgan fingerprint density at radius 2 is 2.38 bits per heavy atom. The molecule has 3 rings (SSSR count). The molecule has 2 aromatic heterocycles. The molecule has 0 amide bonds. The van der Waals surface area contributed by atoms with Crippen molar-refractivity contribution in [1.82, 2.24) is 19.6 Å². The van der Waals surface area contributed by atoms with Gasteiger partial charge in [-0.1, -0.05) is 0 Å². The number of aromatic nitrogens is 4. The normalized spacial score (nSPS) is 19.3. The summed E-state index contributed by atoms with van der Waals surface area (Å²) in [4.78, 5) is 10.9. The number of piperidine rings is 1. The molecule has 0 saturated carbocycles. The van der Waals surface area contributed by atoms with Crippen molar-refractivity contribution in [2.75, 3.05) is 31.7 Å². The first kappa shape index (κ1) is 14.2. The van der Waals surface area contributed by atoms with E-state index in [0.717, 1.165) is 37.4 Å². The zero-order valence-corrected chi connectivity index (χ0v) is 12.3.